The highest BCUT2D eigenvalue weighted by molar-refractivity contribution is 6.32. The minimum absolute atomic E-state index is 0.168. The minimum atomic E-state index is -0.237. The van der Waals surface area contributed by atoms with E-state index in [1.807, 2.05) is 0 Å². The van der Waals surface area contributed by atoms with Gasteiger partial charge in [-0.15, -0.1) is 5.10 Å². The van der Waals surface area contributed by atoms with Crippen LogP contribution >= 0.6 is 11.6 Å². The predicted molar refractivity (Wildman–Crippen MR) is 129 cm³/mol. The topological polar surface area (TPSA) is 113 Å². The molecule has 0 saturated heterocycles. The average Bonchev–Trinajstić information content (AvgIpc) is 3.63. The fourth-order valence-corrected chi connectivity index (χ4v) is 4.25. The lowest BCUT2D eigenvalue weighted by Crippen LogP contribution is -2.30. The molecule has 0 spiro atoms. The van der Waals surface area contributed by atoms with Gasteiger partial charge in [0.15, 0.2) is 5.76 Å². The molecule has 1 aliphatic heterocycles. The first kappa shape index (κ1) is 23.6. The first-order chi connectivity index (χ1) is 17.5. The molecule has 1 aliphatic rings. The third-order valence-electron chi connectivity index (χ3n) is 5.82. The van der Waals surface area contributed by atoms with E-state index >= 15 is 0 Å². The Bertz CT molecular complexity index is 1370. The third kappa shape index (κ3) is 4.67. The second-order valence-electron chi connectivity index (χ2n) is 8.14. The van der Waals surface area contributed by atoms with Crippen molar-refractivity contribution < 1.29 is 23.6 Å². The molecule has 0 aliphatic carbocycles. The second-order valence-corrected chi connectivity index (χ2v) is 8.54. The lowest BCUT2D eigenvalue weighted by Gasteiger charge is -2.13. The van der Waals surface area contributed by atoms with Gasteiger partial charge >= 0.3 is 0 Å². The van der Waals surface area contributed by atoms with Gasteiger partial charge in [-0.25, -0.2) is 0 Å². The normalized spacial score (nSPS) is 12.8. The summed E-state index contributed by atoms with van der Waals surface area (Å²) in [6.07, 6.45) is 4.71. The van der Waals surface area contributed by atoms with E-state index in [0.29, 0.717) is 64.2 Å². The van der Waals surface area contributed by atoms with E-state index in [1.54, 1.807) is 53.3 Å². The van der Waals surface area contributed by atoms with Crippen molar-refractivity contribution in [2.75, 3.05) is 13.7 Å². The van der Waals surface area contributed by atoms with Crippen LogP contribution in [0.3, 0.4) is 0 Å². The van der Waals surface area contributed by atoms with Crippen LogP contribution in [-0.2, 0) is 13.2 Å². The minimum Gasteiger partial charge on any atom is -0.495 e. The largest absolute Gasteiger partial charge is 0.495 e. The summed E-state index contributed by atoms with van der Waals surface area (Å²) >= 11 is 6.27. The summed E-state index contributed by atoms with van der Waals surface area (Å²) < 4.78 is 18.3. The Labute approximate surface area is 211 Å². The number of amides is 2. The molecule has 2 amide bonds. The summed E-state index contributed by atoms with van der Waals surface area (Å²) in [4.78, 5) is 26.2. The zero-order chi connectivity index (χ0) is 25.1. The van der Waals surface area contributed by atoms with Crippen molar-refractivity contribution in [2.24, 2.45) is 0 Å². The van der Waals surface area contributed by atoms with E-state index in [-0.39, 0.29) is 18.4 Å². The number of aromatic nitrogens is 4. The number of carbonyl (C=O) groups excluding carboxylic acids is 2. The summed E-state index contributed by atoms with van der Waals surface area (Å²) in [6, 6.07) is 12.0. The van der Waals surface area contributed by atoms with Crippen molar-refractivity contribution in [3.05, 3.63) is 76.7 Å². The van der Waals surface area contributed by atoms with Gasteiger partial charge in [-0.05, 0) is 31.0 Å². The maximum absolute atomic E-state index is 12.5. The molecule has 184 valence electrons. The Morgan fingerprint density at radius 2 is 1.72 bits per heavy atom. The second kappa shape index (κ2) is 10.2. The molecule has 0 N–H and O–H groups in total. The molecule has 3 heterocycles. The number of fused-ring (bicyclic) bond motifs is 1. The molecule has 10 nitrogen and oxygen atoms in total. The maximum atomic E-state index is 12.5. The molecule has 0 radical (unpaired) electrons. The number of carbonyl (C=O) groups is 2. The molecule has 4 aromatic rings. The van der Waals surface area contributed by atoms with Crippen LogP contribution in [0.25, 0.3) is 11.3 Å². The maximum Gasteiger partial charge on any atom is 0.261 e. The number of imide groups is 1. The molecule has 2 aromatic heterocycles. The molecule has 36 heavy (non-hydrogen) atoms. The van der Waals surface area contributed by atoms with Crippen LogP contribution in [0, 0.1) is 0 Å². The standard InChI is InChI=1S/C25H22ClN5O5/c1-34-23-13-22(19(12-20(23)26)21-8-9-27-36-21)35-15-16-14-30(29-28-16)10-4-5-11-31-24(32)17-6-2-3-7-18(17)25(31)33/h2-3,6-9,12-14H,4-5,10-11,15H2,1H3. The Hall–Kier alpha value is -4.18. The number of halogens is 1. The number of methoxy groups -OCH3 is 1. The van der Waals surface area contributed by atoms with E-state index in [9.17, 15) is 9.59 Å². The molecule has 0 unspecified atom stereocenters. The van der Waals surface area contributed by atoms with E-state index in [1.165, 1.54) is 18.2 Å². The fraction of sp³-hybridized carbons (Fsp3) is 0.240. The van der Waals surface area contributed by atoms with E-state index < -0.39 is 0 Å². The summed E-state index contributed by atoms with van der Waals surface area (Å²) in [5.74, 6) is 1.01. The summed E-state index contributed by atoms with van der Waals surface area (Å²) in [5, 5.41) is 12.5. The van der Waals surface area contributed by atoms with Crippen LogP contribution in [0.5, 0.6) is 11.5 Å². The molecule has 2 aromatic carbocycles. The average molecular weight is 508 g/mol. The van der Waals surface area contributed by atoms with Crippen LogP contribution < -0.4 is 9.47 Å². The Morgan fingerprint density at radius 3 is 2.42 bits per heavy atom. The van der Waals surface area contributed by atoms with Gasteiger partial charge < -0.3 is 14.0 Å². The SMILES string of the molecule is COc1cc(OCc2cn(CCCCN3C(=O)c4ccccc4C3=O)nn2)c(-c2ccno2)cc1Cl. The summed E-state index contributed by atoms with van der Waals surface area (Å²) in [6.45, 7) is 1.12. The molecule has 5 rings (SSSR count). The highest BCUT2D eigenvalue weighted by Gasteiger charge is 2.34. The van der Waals surface area contributed by atoms with Crippen LogP contribution in [0.1, 0.15) is 39.3 Å². The third-order valence-corrected chi connectivity index (χ3v) is 6.11. The number of unbranched alkanes of at least 4 members (excludes halogenated alkanes) is 1. The Morgan fingerprint density at radius 1 is 0.972 bits per heavy atom. The quantitative estimate of drug-likeness (QED) is 0.231. The summed E-state index contributed by atoms with van der Waals surface area (Å²) in [7, 11) is 1.53. The first-order valence-electron chi connectivity index (χ1n) is 11.3. The van der Waals surface area contributed by atoms with Gasteiger partial charge in [0.05, 0.1) is 41.2 Å². The number of ether oxygens (including phenoxy) is 2. The van der Waals surface area contributed by atoms with E-state index in [0.717, 1.165) is 6.42 Å². The van der Waals surface area contributed by atoms with Crippen molar-refractivity contribution in [1.29, 1.82) is 0 Å². The number of rotatable bonds is 10. The molecule has 11 heteroatoms. The van der Waals surface area contributed by atoms with Gasteiger partial charge in [0.25, 0.3) is 11.8 Å². The van der Waals surface area contributed by atoms with Crippen molar-refractivity contribution in [2.45, 2.75) is 26.0 Å². The van der Waals surface area contributed by atoms with Crippen LogP contribution in [0.15, 0.2) is 59.4 Å². The van der Waals surface area contributed by atoms with Gasteiger partial charge in [-0.2, -0.15) is 0 Å². The van der Waals surface area contributed by atoms with Gasteiger partial charge in [0.1, 0.15) is 23.8 Å². The van der Waals surface area contributed by atoms with E-state index in [2.05, 4.69) is 15.5 Å². The number of hydrogen-bond acceptors (Lipinski definition) is 8. The Kier molecular flexibility index (Phi) is 6.68. The Balaban J connectivity index is 1.15. The molecule has 0 bridgehead atoms. The van der Waals surface area contributed by atoms with Crippen molar-refractivity contribution in [1.82, 2.24) is 25.1 Å². The van der Waals surface area contributed by atoms with Gasteiger partial charge in [-0.3, -0.25) is 19.2 Å². The number of hydrogen-bond donors (Lipinski definition) is 0. The van der Waals surface area contributed by atoms with Gasteiger partial charge in [0.2, 0.25) is 0 Å². The fourth-order valence-electron chi connectivity index (χ4n) is 4.01. The molecule has 0 atom stereocenters. The number of aryl methyl sites for hydroxylation is 1. The van der Waals surface area contributed by atoms with Gasteiger partial charge in [-0.1, -0.05) is 34.1 Å². The lowest BCUT2D eigenvalue weighted by molar-refractivity contribution is 0.0651. The van der Waals surface area contributed by atoms with Crippen LogP contribution in [0.4, 0.5) is 0 Å². The van der Waals surface area contributed by atoms with Crippen molar-refractivity contribution in [3.63, 3.8) is 0 Å². The number of nitrogens with zero attached hydrogens (tertiary/aromatic N) is 5. The lowest BCUT2D eigenvalue weighted by atomic mass is 10.1. The molecular weight excluding hydrogens is 486 g/mol. The predicted octanol–water partition coefficient (Wildman–Crippen LogP) is 4.25. The first-order valence-corrected chi connectivity index (χ1v) is 11.7. The van der Waals surface area contributed by atoms with E-state index in [4.69, 9.17) is 25.6 Å². The van der Waals surface area contributed by atoms with Crippen molar-refractivity contribution in [3.8, 4) is 22.8 Å². The number of benzene rings is 2. The zero-order valence-corrected chi connectivity index (χ0v) is 20.1. The smallest absolute Gasteiger partial charge is 0.261 e. The zero-order valence-electron chi connectivity index (χ0n) is 19.4. The van der Waals surface area contributed by atoms with Crippen molar-refractivity contribution >= 4 is 23.4 Å². The van der Waals surface area contributed by atoms with Crippen LogP contribution in [-0.4, -0.2) is 50.5 Å². The monoisotopic (exact) mass is 507 g/mol. The summed E-state index contributed by atoms with van der Waals surface area (Å²) in [5.41, 5.74) is 2.20. The van der Waals surface area contributed by atoms with Gasteiger partial charge in [0, 0.05) is 25.2 Å². The highest BCUT2D eigenvalue weighted by Crippen LogP contribution is 2.38. The molecular formula is C25H22ClN5O5. The highest BCUT2D eigenvalue weighted by atomic mass is 35.5. The van der Waals surface area contributed by atoms with Crippen LogP contribution in [0.2, 0.25) is 5.02 Å². The molecule has 0 saturated carbocycles. The molecule has 0 fully saturated rings.